The monoisotopic (exact) mass is 408 g/mol. The van der Waals surface area contributed by atoms with Crippen LogP contribution in [0.1, 0.15) is 65.2 Å². The van der Waals surface area contributed by atoms with E-state index >= 15 is 0 Å². The van der Waals surface area contributed by atoms with E-state index in [4.69, 9.17) is 14.5 Å². The van der Waals surface area contributed by atoms with E-state index in [1.165, 1.54) is 51.7 Å². The van der Waals surface area contributed by atoms with Gasteiger partial charge in [-0.15, -0.1) is 0 Å². The van der Waals surface area contributed by atoms with Crippen LogP contribution in [0, 0.1) is 5.92 Å². The van der Waals surface area contributed by atoms with Crippen LogP contribution in [0.3, 0.4) is 0 Å². The zero-order chi connectivity index (χ0) is 20.3. The Morgan fingerprint density at radius 3 is 2.48 bits per heavy atom. The number of piperidine rings is 2. The van der Waals surface area contributed by atoms with Gasteiger partial charge in [0.1, 0.15) is 0 Å². The molecule has 6 nitrogen and oxygen atoms in total. The molecule has 3 aliphatic heterocycles. The Bertz CT molecular complexity index is 465. The van der Waals surface area contributed by atoms with Gasteiger partial charge in [0, 0.05) is 32.8 Å². The third-order valence-corrected chi connectivity index (χ3v) is 6.82. The summed E-state index contributed by atoms with van der Waals surface area (Å²) in [4.78, 5) is 9.97. The molecule has 168 valence electrons. The van der Waals surface area contributed by atoms with Crippen molar-refractivity contribution < 1.29 is 9.47 Å². The van der Waals surface area contributed by atoms with Crippen LogP contribution in [-0.2, 0) is 9.47 Å². The maximum Gasteiger partial charge on any atom is 0.193 e. The van der Waals surface area contributed by atoms with Gasteiger partial charge in [0.2, 0.25) is 0 Å². The second-order valence-electron chi connectivity index (χ2n) is 8.91. The van der Waals surface area contributed by atoms with Crippen molar-refractivity contribution in [2.75, 3.05) is 59.0 Å². The van der Waals surface area contributed by atoms with Gasteiger partial charge in [-0.2, -0.15) is 0 Å². The van der Waals surface area contributed by atoms with Crippen LogP contribution in [0.4, 0.5) is 0 Å². The Balaban J connectivity index is 1.36. The maximum atomic E-state index is 6.17. The van der Waals surface area contributed by atoms with E-state index in [2.05, 4.69) is 29.0 Å². The van der Waals surface area contributed by atoms with Crippen molar-refractivity contribution in [1.82, 2.24) is 15.1 Å². The number of hydrogen-bond donors (Lipinski definition) is 1. The molecule has 0 bridgehead atoms. The first-order chi connectivity index (χ1) is 14.3. The summed E-state index contributed by atoms with van der Waals surface area (Å²) in [5.74, 6) is 1.96. The number of nitrogens with zero attached hydrogens (tertiary/aromatic N) is 3. The van der Waals surface area contributed by atoms with Crippen LogP contribution in [0.5, 0.6) is 0 Å². The first kappa shape index (κ1) is 22.8. The fraction of sp³-hybridized carbons (Fsp3) is 0.957. The first-order valence-electron chi connectivity index (χ1n) is 12.3. The topological polar surface area (TPSA) is 49.3 Å². The van der Waals surface area contributed by atoms with Crippen LogP contribution in [0.2, 0.25) is 0 Å². The quantitative estimate of drug-likeness (QED) is 0.494. The number of ether oxygens (including phenoxy) is 2. The predicted octanol–water partition coefficient (Wildman–Crippen LogP) is 3.12. The molecule has 0 saturated carbocycles. The molecule has 3 rings (SSSR count). The molecule has 3 heterocycles. The van der Waals surface area contributed by atoms with E-state index in [-0.39, 0.29) is 0 Å². The van der Waals surface area contributed by atoms with E-state index in [9.17, 15) is 0 Å². The summed E-state index contributed by atoms with van der Waals surface area (Å²) in [5, 5.41) is 3.51. The molecule has 0 aliphatic carbocycles. The molecular formula is C23H44N4O2. The fourth-order valence-corrected chi connectivity index (χ4v) is 4.79. The molecule has 0 aromatic carbocycles. The molecule has 0 amide bonds. The molecule has 0 radical (unpaired) electrons. The first-order valence-corrected chi connectivity index (χ1v) is 12.3. The molecule has 1 N–H and O–H groups in total. The Morgan fingerprint density at radius 1 is 1.03 bits per heavy atom. The van der Waals surface area contributed by atoms with Gasteiger partial charge in [0.05, 0.1) is 18.8 Å². The summed E-state index contributed by atoms with van der Waals surface area (Å²) in [6.45, 7) is 13.8. The average Bonchev–Trinajstić information content (AvgIpc) is 2.79. The summed E-state index contributed by atoms with van der Waals surface area (Å²) < 4.78 is 12.0. The zero-order valence-corrected chi connectivity index (χ0v) is 18.9. The van der Waals surface area contributed by atoms with Gasteiger partial charge in [0.15, 0.2) is 5.96 Å². The highest BCUT2D eigenvalue weighted by atomic mass is 16.5. The van der Waals surface area contributed by atoms with E-state index in [1.807, 2.05) is 0 Å². The van der Waals surface area contributed by atoms with Gasteiger partial charge in [-0.3, -0.25) is 4.99 Å². The summed E-state index contributed by atoms with van der Waals surface area (Å²) in [7, 11) is 0. The van der Waals surface area contributed by atoms with Crippen LogP contribution in [-0.4, -0.2) is 87.0 Å². The predicted molar refractivity (Wildman–Crippen MR) is 120 cm³/mol. The third-order valence-electron chi connectivity index (χ3n) is 6.82. The Hall–Kier alpha value is -0.850. The lowest BCUT2D eigenvalue weighted by molar-refractivity contribution is -0.0721. The molecule has 29 heavy (non-hydrogen) atoms. The molecule has 6 heteroatoms. The van der Waals surface area contributed by atoms with Crippen molar-refractivity contribution in [2.24, 2.45) is 10.9 Å². The van der Waals surface area contributed by atoms with Gasteiger partial charge >= 0.3 is 0 Å². The standard InChI is InChI=1S/C23H44N4O2/c1-3-24-23(25-13-8-20-9-14-26(4-2)15-10-20)27-16-11-21(12-17-27)29-19-22-7-5-6-18-28-22/h20-22H,3-19H2,1-2H3,(H,24,25). The highest BCUT2D eigenvalue weighted by molar-refractivity contribution is 5.80. The normalized spacial score (nSPS) is 26.1. The SMILES string of the molecule is CCNC(=NCCC1CCN(CC)CC1)N1CCC(OCC2CCCCO2)CC1. The Labute approximate surface area is 178 Å². The largest absolute Gasteiger partial charge is 0.376 e. The van der Waals surface area contributed by atoms with E-state index in [0.717, 1.165) is 70.5 Å². The number of likely N-dealkylation sites (tertiary alicyclic amines) is 2. The molecule has 0 aromatic heterocycles. The highest BCUT2D eigenvalue weighted by Gasteiger charge is 2.24. The second kappa shape index (κ2) is 12.8. The summed E-state index contributed by atoms with van der Waals surface area (Å²) >= 11 is 0. The molecule has 3 aliphatic rings. The van der Waals surface area contributed by atoms with Crippen molar-refractivity contribution in [3.8, 4) is 0 Å². The minimum atomic E-state index is 0.324. The molecule has 3 fully saturated rings. The van der Waals surface area contributed by atoms with Gasteiger partial charge in [-0.1, -0.05) is 6.92 Å². The fourth-order valence-electron chi connectivity index (χ4n) is 4.79. The zero-order valence-electron chi connectivity index (χ0n) is 18.9. The minimum Gasteiger partial charge on any atom is -0.376 e. The van der Waals surface area contributed by atoms with Crippen molar-refractivity contribution >= 4 is 5.96 Å². The average molecular weight is 409 g/mol. The number of guanidine groups is 1. The van der Waals surface area contributed by atoms with Crippen LogP contribution < -0.4 is 5.32 Å². The molecule has 0 aromatic rings. The lowest BCUT2D eigenvalue weighted by Gasteiger charge is -2.35. The number of rotatable bonds is 8. The van der Waals surface area contributed by atoms with Crippen molar-refractivity contribution in [3.63, 3.8) is 0 Å². The number of hydrogen-bond acceptors (Lipinski definition) is 4. The van der Waals surface area contributed by atoms with Gasteiger partial charge in [-0.25, -0.2) is 0 Å². The van der Waals surface area contributed by atoms with Crippen LogP contribution in [0.15, 0.2) is 4.99 Å². The molecule has 0 spiro atoms. The molecule has 3 saturated heterocycles. The lowest BCUT2D eigenvalue weighted by Crippen LogP contribution is -2.47. The smallest absolute Gasteiger partial charge is 0.193 e. The van der Waals surface area contributed by atoms with Crippen LogP contribution >= 0.6 is 0 Å². The molecule has 1 atom stereocenters. The van der Waals surface area contributed by atoms with Gasteiger partial charge in [0.25, 0.3) is 0 Å². The van der Waals surface area contributed by atoms with Crippen molar-refractivity contribution in [3.05, 3.63) is 0 Å². The maximum absolute atomic E-state index is 6.17. The lowest BCUT2D eigenvalue weighted by atomic mass is 9.94. The van der Waals surface area contributed by atoms with E-state index in [0.29, 0.717) is 12.2 Å². The van der Waals surface area contributed by atoms with E-state index < -0.39 is 0 Å². The van der Waals surface area contributed by atoms with Gasteiger partial charge in [-0.05, 0) is 83.8 Å². The third kappa shape index (κ3) is 7.72. The Morgan fingerprint density at radius 2 is 1.83 bits per heavy atom. The van der Waals surface area contributed by atoms with Crippen molar-refractivity contribution in [1.29, 1.82) is 0 Å². The van der Waals surface area contributed by atoms with Gasteiger partial charge < -0.3 is 24.6 Å². The van der Waals surface area contributed by atoms with E-state index in [1.54, 1.807) is 0 Å². The summed E-state index contributed by atoms with van der Waals surface area (Å²) in [6, 6.07) is 0. The molecule has 1 unspecified atom stereocenters. The molecular weight excluding hydrogens is 364 g/mol. The number of nitrogens with one attached hydrogen (secondary N) is 1. The second-order valence-corrected chi connectivity index (χ2v) is 8.91. The number of aliphatic imine (C=N–C) groups is 1. The van der Waals surface area contributed by atoms with Crippen molar-refractivity contribution in [2.45, 2.75) is 77.4 Å². The Kier molecular flexibility index (Phi) is 10.0. The summed E-state index contributed by atoms with van der Waals surface area (Å²) in [6.07, 6.45) is 10.4. The highest BCUT2D eigenvalue weighted by Crippen LogP contribution is 2.21. The minimum absolute atomic E-state index is 0.324. The summed E-state index contributed by atoms with van der Waals surface area (Å²) in [5.41, 5.74) is 0. The van der Waals surface area contributed by atoms with Crippen LogP contribution in [0.25, 0.3) is 0 Å².